The fourth-order valence-corrected chi connectivity index (χ4v) is 1.38. The van der Waals surface area contributed by atoms with Crippen LogP contribution in [0, 0.1) is 0 Å². The Morgan fingerprint density at radius 1 is 1.38 bits per heavy atom. The molecule has 1 aromatic heterocycles. The molecule has 1 aromatic rings. The number of rotatable bonds is 8. The first-order valence-corrected chi connectivity index (χ1v) is 6.29. The number of amides is 2. The van der Waals surface area contributed by atoms with Crippen molar-refractivity contribution in [2.75, 3.05) is 13.2 Å². The molecule has 0 aromatic carbocycles. The van der Waals surface area contributed by atoms with Crippen LogP contribution < -0.4 is 10.6 Å². The lowest BCUT2D eigenvalue weighted by Crippen LogP contribution is -2.36. The predicted octanol–water partition coefficient (Wildman–Crippen LogP) is -0.885. The van der Waals surface area contributed by atoms with E-state index in [0.29, 0.717) is 12.3 Å². The van der Waals surface area contributed by atoms with Crippen LogP contribution in [0.25, 0.3) is 0 Å². The van der Waals surface area contributed by atoms with E-state index in [-0.39, 0.29) is 32.0 Å². The second-order valence-electron chi connectivity index (χ2n) is 3.97. The number of esters is 1. The first kappa shape index (κ1) is 16.4. The van der Waals surface area contributed by atoms with Crippen molar-refractivity contribution in [3.05, 3.63) is 11.9 Å². The summed E-state index contributed by atoms with van der Waals surface area (Å²) in [6.45, 7) is 1.98. The number of hydrogen-bond donors (Lipinski definition) is 3. The summed E-state index contributed by atoms with van der Waals surface area (Å²) in [6.07, 6.45) is 1.52. The summed E-state index contributed by atoms with van der Waals surface area (Å²) in [7, 11) is 0. The van der Waals surface area contributed by atoms with Crippen molar-refractivity contribution in [3.63, 3.8) is 0 Å². The zero-order valence-corrected chi connectivity index (χ0v) is 11.5. The second kappa shape index (κ2) is 8.51. The molecule has 0 aliphatic carbocycles. The summed E-state index contributed by atoms with van der Waals surface area (Å²) in [5, 5.41) is 20.9. The molecule has 0 atom stereocenters. The fourth-order valence-electron chi connectivity index (χ4n) is 1.38. The molecule has 0 radical (unpaired) electrons. The van der Waals surface area contributed by atoms with E-state index in [1.54, 1.807) is 6.92 Å². The van der Waals surface area contributed by atoms with E-state index in [4.69, 9.17) is 9.84 Å². The molecule has 0 spiro atoms. The van der Waals surface area contributed by atoms with Gasteiger partial charge in [-0.1, -0.05) is 5.21 Å². The normalized spacial score (nSPS) is 9.95. The van der Waals surface area contributed by atoms with Gasteiger partial charge in [0, 0.05) is 6.54 Å². The van der Waals surface area contributed by atoms with Crippen LogP contribution in [0.1, 0.15) is 19.0 Å². The summed E-state index contributed by atoms with van der Waals surface area (Å²) < 4.78 is 5.86. The van der Waals surface area contributed by atoms with Gasteiger partial charge in [-0.25, -0.2) is 9.48 Å². The van der Waals surface area contributed by atoms with Crippen LogP contribution in [0.3, 0.4) is 0 Å². The molecule has 0 saturated heterocycles. The lowest BCUT2D eigenvalue weighted by atomic mass is 10.4. The molecule has 0 aliphatic rings. The number of carbonyl (C=O) groups excluding carboxylic acids is 2. The van der Waals surface area contributed by atoms with Gasteiger partial charge in [-0.15, -0.1) is 5.10 Å². The number of carboxylic acid groups (broad SMARTS) is 1. The quantitative estimate of drug-likeness (QED) is 0.530. The van der Waals surface area contributed by atoms with Crippen molar-refractivity contribution in [2.24, 2.45) is 0 Å². The summed E-state index contributed by atoms with van der Waals surface area (Å²) in [6, 6.07) is -0.466. The minimum absolute atomic E-state index is 0.0933. The molecule has 0 saturated carbocycles. The van der Waals surface area contributed by atoms with E-state index in [1.807, 2.05) is 0 Å². The molecule has 0 bridgehead atoms. The standard InChI is InChI=1S/C11H17N5O5/c1-2-21-10(19)3-4-12-11(20)13-5-8-6-16(15-14-8)7-9(17)18/h6H,2-5,7H2,1H3,(H,17,18)(H2,12,13,20). The van der Waals surface area contributed by atoms with Crippen molar-refractivity contribution in [2.45, 2.75) is 26.4 Å². The number of aromatic nitrogens is 3. The lowest BCUT2D eigenvalue weighted by molar-refractivity contribution is -0.143. The zero-order valence-electron chi connectivity index (χ0n) is 11.5. The van der Waals surface area contributed by atoms with Crippen LogP contribution in [-0.2, 0) is 27.4 Å². The maximum Gasteiger partial charge on any atom is 0.325 e. The average Bonchev–Trinajstić information content (AvgIpc) is 2.83. The Morgan fingerprint density at radius 2 is 2.14 bits per heavy atom. The molecule has 1 heterocycles. The molecular weight excluding hydrogens is 282 g/mol. The highest BCUT2D eigenvalue weighted by Crippen LogP contribution is 1.92. The predicted molar refractivity (Wildman–Crippen MR) is 69.1 cm³/mol. The number of urea groups is 1. The van der Waals surface area contributed by atoms with Crippen LogP contribution in [0.5, 0.6) is 0 Å². The first-order valence-electron chi connectivity index (χ1n) is 6.29. The number of hydrogen-bond acceptors (Lipinski definition) is 6. The van der Waals surface area contributed by atoms with Crippen molar-refractivity contribution in [1.82, 2.24) is 25.6 Å². The van der Waals surface area contributed by atoms with Gasteiger partial charge in [0.2, 0.25) is 0 Å². The number of aliphatic carboxylic acids is 1. The van der Waals surface area contributed by atoms with Crippen molar-refractivity contribution < 1.29 is 24.2 Å². The molecule has 10 heteroatoms. The van der Waals surface area contributed by atoms with Gasteiger partial charge in [-0.05, 0) is 6.92 Å². The van der Waals surface area contributed by atoms with Gasteiger partial charge in [0.25, 0.3) is 0 Å². The van der Waals surface area contributed by atoms with Crippen molar-refractivity contribution in [1.29, 1.82) is 0 Å². The molecule has 3 N–H and O–H groups in total. The molecule has 21 heavy (non-hydrogen) atoms. The van der Waals surface area contributed by atoms with Gasteiger partial charge < -0.3 is 20.5 Å². The van der Waals surface area contributed by atoms with Gasteiger partial charge in [-0.2, -0.15) is 0 Å². The van der Waals surface area contributed by atoms with Gasteiger partial charge in [0.1, 0.15) is 12.2 Å². The molecular formula is C11H17N5O5. The number of carbonyl (C=O) groups is 3. The van der Waals surface area contributed by atoms with Crippen LogP contribution in [0.4, 0.5) is 4.79 Å². The Hall–Kier alpha value is -2.65. The van der Waals surface area contributed by atoms with Gasteiger partial charge >= 0.3 is 18.0 Å². The summed E-state index contributed by atoms with van der Waals surface area (Å²) >= 11 is 0. The monoisotopic (exact) mass is 299 g/mol. The van der Waals surface area contributed by atoms with E-state index >= 15 is 0 Å². The summed E-state index contributed by atoms with van der Waals surface area (Å²) in [5.74, 6) is -1.41. The minimum Gasteiger partial charge on any atom is -0.480 e. The van der Waals surface area contributed by atoms with Crippen LogP contribution >= 0.6 is 0 Å². The third kappa shape index (κ3) is 6.89. The Kier molecular flexibility index (Phi) is 6.65. The SMILES string of the molecule is CCOC(=O)CCNC(=O)NCc1cn(CC(=O)O)nn1. The van der Waals surface area contributed by atoms with E-state index in [9.17, 15) is 14.4 Å². The molecule has 0 fully saturated rings. The van der Waals surface area contributed by atoms with Crippen LogP contribution in [0.15, 0.2) is 6.20 Å². The lowest BCUT2D eigenvalue weighted by Gasteiger charge is -2.05. The molecule has 1 rings (SSSR count). The molecule has 116 valence electrons. The highest BCUT2D eigenvalue weighted by Gasteiger charge is 2.07. The Bertz CT molecular complexity index is 501. The van der Waals surface area contributed by atoms with E-state index < -0.39 is 12.0 Å². The van der Waals surface area contributed by atoms with Gasteiger partial charge in [0.05, 0.1) is 25.8 Å². The van der Waals surface area contributed by atoms with Crippen molar-refractivity contribution >= 4 is 18.0 Å². The second-order valence-corrected chi connectivity index (χ2v) is 3.97. The molecule has 10 nitrogen and oxygen atoms in total. The van der Waals surface area contributed by atoms with Crippen molar-refractivity contribution in [3.8, 4) is 0 Å². The smallest absolute Gasteiger partial charge is 0.325 e. The molecule has 0 aliphatic heterocycles. The summed E-state index contributed by atoms with van der Waals surface area (Å²) in [5.41, 5.74) is 0.428. The number of nitrogens with one attached hydrogen (secondary N) is 2. The van der Waals surface area contributed by atoms with Crippen LogP contribution in [0.2, 0.25) is 0 Å². The highest BCUT2D eigenvalue weighted by molar-refractivity contribution is 5.75. The van der Waals surface area contributed by atoms with E-state index in [0.717, 1.165) is 4.68 Å². The molecule has 0 unspecified atom stereocenters. The Labute approximate surface area is 120 Å². The minimum atomic E-state index is -1.03. The topological polar surface area (TPSA) is 135 Å². The van der Waals surface area contributed by atoms with E-state index in [2.05, 4.69) is 20.9 Å². The number of ether oxygens (including phenoxy) is 1. The maximum atomic E-state index is 11.4. The third-order valence-corrected chi connectivity index (χ3v) is 2.23. The highest BCUT2D eigenvalue weighted by atomic mass is 16.5. The summed E-state index contributed by atoms with van der Waals surface area (Å²) in [4.78, 5) is 32.9. The molecule has 2 amide bonds. The number of carboxylic acids is 1. The Balaban J connectivity index is 2.22. The van der Waals surface area contributed by atoms with Gasteiger partial charge in [-0.3, -0.25) is 9.59 Å². The maximum absolute atomic E-state index is 11.4. The van der Waals surface area contributed by atoms with Crippen LogP contribution in [-0.4, -0.2) is 51.2 Å². The fraction of sp³-hybridized carbons (Fsp3) is 0.545. The zero-order chi connectivity index (χ0) is 15.7. The van der Waals surface area contributed by atoms with E-state index in [1.165, 1.54) is 6.20 Å². The first-order chi connectivity index (χ1) is 10.0. The third-order valence-electron chi connectivity index (χ3n) is 2.23. The largest absolute Gasteiger partial charge is 0.480 e. The average molecular weight is 299 g/mol. The Morgan fingerprint density at radius 3 is 2.81 bits per heavy atom. The number of nitrogens with zero attached hydrogens (tertiary/aromatic N) is 3. The van der Waals surface area contributed by atoms with Gasteiger partial charge in [0.15, 0.2) is 0 Å².